The van der Waals surface area contributed by atoms with Crippen molar-refractivity contribution in [2.45, 2.75) is 116 Å². The minimum absolute atomic E-state index is 0.633. The molecule has 1 rings (SSSR count). The molecule has 1 fully saturated rings. The summed E-state index contributed by atoms with van der Waals surface area (Å²) in [7, 11) is 0. The number of ether oxygens (including phenoxy) is 1. The van der Waals surface area contributed by atoms with E-state index in [0.29, 0.717) is 12.2 Å². The quantitative estimate of drug-likeness (QED) is 0.261. The van der Waals surface area contributed by atoms with E-state index in [-0.39, 0.29) is 0 Å². The van der Waals surface area contributed by atoms with Crippen LogP contribution in [0.25, 0.3) is 0 Å². The fraction of sp³-hybridized carbons (Fsp3) is 1.00. The first kappa shape index (κ1) is 18.0. The molecule has 1 saturated heterocycles. The molecule has 0 radical (unpaired) electrons. The van der Waals surface area contributed by atoms with Gasteiger partial charge in [0.25, 0.3) is 0 Å². The number of epoxide rings is 1. The fourth-order valence-electron chi connectivity index (χ4n) is 3.06. The predicted octanol–water partition coefficient (Wildman–Crippen LogP) is 6.50. The molecule has 120 valence electrons. The zero-order valence-electron chi connectivity index (χ0n) is 14.3. The van der Waals surface area contributed by atoms with E-state index < -0.39 is 0 Å². The second kappa shape index (κ2) is 11.6. The molecule has 2 atom stereocenters. The highest BCUT2D eigenvalue weighted by Crippen LogP contribution is 2.31. The maximum absolute atomic E-state index is 5.79. The van der Waals surface area contributed by atoms with Gasteiger partial charge in [-0.05, 0) is 18.8 Å². The van der Waals surface area contributed by atoms with E-state index in [1.54, 1.807) is 0 Å². The van der Waals surface area contributed by atoms with Crippen LogP contribution in [0.5, 0.6) is 0 Å². The average Bonchev–Trinajstić information content (AvgIpc) is 3.15. The second-order valence-electron chi connectivity index (χ2n) is 7.15. The molecule has 1 heterocycles. The van der Waals surface area contributed by atoms with Gasteiger partial charge in [-0.15, -0.1) is 0 Å². The van der Waals surface area contributed by atoms with E-state index in [2.05, 4.69) is 20.8 Å². The summed E-state index contributed by atoms with van der Waals surface area (Å²) < 4.78 is 5.79. The Morgan fingerprint density at radius 3 is 1.75 bits per heavy atom. The topological polar surface area (TPSA) is 12.5 Å². The van der Waals surface area contributed by atoms with Crippen LogP contribution in [0.3, 0.4) is 0 Å². The molecule has 0 unspecified atom stereocenters. The Hall–Kier alpha value is -0.0400. The van der Waals surface area contributed by atoms with Crippen LogP contribution in [0, 0.1) is 5.92 Å². The summed E-state index contributed by atoms with van der Waals surface area (Å²) in [5.74, 6) is 0.872. The lowest BCUT2D eigenvalue weighted by Gasteiger charge is -2.03. The summed E-state index contributed by atoms with van der Waals surface area (Å²) in [4.78, 5) is 0. The SMILES string of the molecule is CCCCCCCCC[C@@H]1O[C@H]1CCCCCC(C)C. The van der Waals surface area contributed by atoms with E-state index in [9.17, 15) is 0 Å². The largest absolute Gasteiger partial charge is 0.370 e. The molecule has 0 spiro atoms. The van der Waals surface area contributed by atoms with E-state index in [4.69, 9.17) is 4.74 Å². The molecule has 1 aliphatic heterocycles. The van der Waals surface area contributed by atoms with Crippen molar-refractivity contribution >= 4 is 0 Å². The zero-order valence-corrected chi connectivity index (χ0v) is 14.3. The highest BCUT2D eigenvalue weighted by atomic mass is 16.6. The summed E-state index contributed by atoms with van der Waals surface area (Å²) >= 11 is 0. The van der Waals surface area contributed by atoms with Gasteiger partial charge in [-0.25, -0.2) is 0 Å². The van der Waals surface area contributed by atoms with Crippen LogP contribution >= 0.6 is 0 Å². The minimum atomic E-state index is 0.633. The standard InChI is InChI=1S/C19H38O/c1-4-5-6-7-8-9-12-15-18-19(20-18)16-13-10-11-14-17(2)3/h17-19H,4-16H2,1-3H3/t18-,19-/m0/s1. The maximum atomic E-state index is 5.79. The van der Waals surface area contributed by atoms with Crippen molar-refractivity contribution in [2.24, 2.45) is 5.92 Å². The molecule has 0 aliphatic carbocycles. The van der Waals surface area contributed by atoms with Gasteiger partial charge in [0.15, 0.2) is 0 Å². The molecular weight excluding hydrogens is 244 g/mol. The van der Waals surface area contributed by atoms with E-state index in [1.807, 2.05) is 0 Å². The van der Waals surface area contributed by atoms with Crippen molar-refractivity contribution in [3.05, 3.63) is 0 Å². The van der Waals surface area contributed by atoms with E-state index >= 15 is 0 Å². The van der Waals surface area contributed by atoms with Crippen LogP contribution in [-0.4, -0.2) is 12.2 Å². The third-order valence-electron chi connectivity index (χ3n) is 4.55. The molecule has 1 heteroatoms. The maximum Gasteiger partial charge on any atom is 0.0841 e. The summed E-state index contributed by atoms with van der Waals surface area (Å²) in [5, 5.41) is 0. The van der Waals surface area contributed by atoms with Crippen molar-refractivity contribution in [3.63, 3.8) is 0 Å². The van der Waals surface area contributed by atoms with Crippen molar-refractivity contribution in [1.82, 2.24) is 0 Å². The van der Waals surface area contributed by atoms with Gasteiger partial charge in [-0.3, -0.25) is 0 Å². The summed E-state index contributed by atoms with van der Waals surface area (Å²) in [6.45, 7) is 6.93. The van der Waals surface area contributed by atoms with Crippen LogP contribution in [0.15, 0.2) is 0 Å². The predicted molar refractivity (Wildman–Crippen MR) is 89.2 cm³/mol. The molecule has 0 aromatic heterocycles. The van der Waals surface area contributed by atoms with E-state index in [0.717, 1.165) is 5.92 Å². The normalized spacial score (nSPS) is 21.6. The molecule has 0 bridgehead atoms. The third-order valence-corrected chi connectivity index (χ3v) is 4.55. The molecule has 0 N–H and O–H groups in total. The average molecular weight is 283 g/mol. The van der Waals surface area contributed by atoms with Crippen molar-refractivity contribution in [3.8, 4) is 0 Å². The summed E-state index contributed by atoms with van der Waals surface area (Å²) in [5.41, 5.74) is 0. The smallest absolute Gasteiger partial charge is 0.0841 e. The number of hydrogen-bond acceptors (Lipinski definition) is 1. The highest BCUT2D eigenvalue weighted by Gasteiger charge is 2.36. The van der Waals surface area contributed by atoms with Gasteiger partial charge in [0, 0.05) is 0 Å². The Kier molecular flexibility index (Phi) is 10.4. The highest BCUT2D eigenvalue weighted by molar-refractivity contribution is 4.84. The van der Waals surface area contributed by atoms with Gasteiger partial charge in [0.2, 0.25) is 0 Å². The minimum Gasteiger partial charge on any atom is -0.370 e. The van der Waals surface area contributed by atoms with Gasteiger partial charge in [-0.2, -0.15) is 0 Å². The molecule has 0 amide bonds. The Morgan fingerprint density at radius 2 is 1.20 bits per heavy atom. The summed E-state index contributed by atoms with van der Waals surface area (Å²) in [6, 6.07) is 0. The van der Waals surface area contributed by atoms with Crippen LogP contribution in [0.1, 0.15) is 104 Å². The fourth-order valence-corrected chi connectivity index (χ4v) is 3.06. The van der Waals surface area contributed by atoms with Gasteiger partial charge >= 0.3 is 0 Å². The van der Waals surface area contributed by atoms with Crippen molar-refractivity contribution in [2.75, 3.05) is 0 Å². The first-order valence-electron chi connectivity index (χ1n) is 9.39. The monoisotopic (exact) mass is 282 g/mol. The Labute approximate surface area is 127 Å². The van der Waals surface area contributed by atoms with Gasteiger partial charge in [0.05, 0.1) is 12.2 Å². The molecule has 1 nitrogen and oxygen atoms in total. The second-order valence-corrected chi connectivity index (χ2v) is 7.15. The molecule has 0 aromatic rings. The Bertz CT molecular complexity index is 212. The third kappa shape index (κ3) is 9.80. The zero-order chi connectivity index (χ0) is 14.6. The molecular formula is C19H38O. The van der Waals surface area contributed by atoms with Gasteiger partial charge in [0.1, 0.15) is 0 Å². The lowest BCUT2D eigenvalue weighted by Crippen LogP contribution is -1.95. The Balaban J connectivity index is 1.77. The lowest BCUT2D eigenvalue weighted by atomic mass is 10.0. The number of rotatable bonds is 14. The van der Waals surface area contributed by atoms with E-state index in [1.165, 1.54) is 83.5 Å². The van der Waals surface area contributed by atoms with Crippen molar-refractivity contribution < 1.29 is 4.74 Å². The molecule has 0 aromatic carbocycles. The number of unbranched alkanes of at least 4 members (excludes halogenated alkanes) is 8. The summed E-state index contributed by atoms with van der Waals surface area (Å²) in [6.07, 6.45) is 19.4. The van der Waals surface area contributed by atoms with Crippen molar-refractivity contribution in [1.29, 1.82) is 0 Å². The first-order chi connectivity index (χ1) is 9.74. The lowest BCUT2D eigenvalue weighted by molar-refractivity contribution is 0.347. The Morgan fingerprint density at radius 1 is 0.700 bits per heavy atom. The van der Waals surface area contributed by atoms with Crippen LogP contribution in [0.4, 0.5) is 0 Å². The molecule has 1 aliphatic rings. The first-order valence-corrected chi connectivity index (χ1v) is 9.39. The molecule has 20 heavy (non-hydrogen) atoms. The van der Waals surface area contributed by atoms with Crippen LogP contribution < -0.4 is 0 Å². The van der Waals surface area contributed by atoms with Crippen LogP contribution in [-0.2, 0) is 4.74 Å². The van der Waals surface area contributed by atoms with Gasteiger partial charge < -0.3 is 4.74 Å². The van der Waals surface area contributed by atoms with Crippen LogP contribution in [0.2, 0.25) is 0 Å². The van der Waals surface area contributed by atoms with Gasteiger partial charge in [-0.1, -0.05) is 91.4 Å². The molecule has 0 saturated carbocycles. The number of hydrogen-bond donors (Lipinski definition) is 0.